The van der Waals surface area contributed by atoms with Crippen LogP contribution in [-0.2, 0) is 4.79 Å². The highest BCUT2D eigenvalue weighted by Crippen LogP contribution is 2.19. The molecule has 2 amide bonds. The summed E-state index contributed by atoms with van der Waals surface area (Å²) in [5.41, 5.74) is 2.05. The van der Waals surface area contributed by atoms with E-state index in [9.17, 15) is 9.59 Å². The SMILES string of the molecule is Cc1ccc2cccc(C(=O)N[C@H](C(=O)N3CCCC3)C(C)C)c2n1. The molecular weight excluding hydrogens is 314 g/mol. The summed E-state index contributed by atoms with van der Waals surface area (Å²) in [6.07, 6.45) is 2.08. The van der Waals surface area contributed by atoms with E-state index >= 15 is 0 Å². The van der Waals surface area contributed by atoms with Crippen molar-refractivity contribution in [1.82, 2.24) is 15.2 Å². The van der Waals surface area contributed by atoms with Gasteiger partial charge in [0.1, 0.15) is 6.04 Å². The van der Waals surface area contributed by atoms with Gasteiger partial charge in [-0.05, 0) is 37.8 Å². The molecule has 0 spiro atoms. The van der Waals surface area contributed by atoms with Crippen LogP contribution in [0.4, 0.5) is 0 Å². The average Bonchev–Trinajstić information content (AvgIpc) is 3.12. The molecule has 1 saturated heterocycles. The van der Waals surface area contributed by atoms with Crippen molar-refractivity contribution in [3.63, 3.8) is 0 Å². The van der Waals surface area contributed by atoms with Crippen molar-refractivity contribution in [1.29, 1.82) is 0 Å². The maximum atomic E-state index is 12.9. The molecule has 0 unspecified atom stereocenters. The first-order chi connectivity index (χ1) is 12.0. The molecule has 1 atom stereocenters. The van der Waals surface area contributed by atoms with Crippen molar-refractivity contribution in [3.05, 3.63) is 41.6 Å². The zero-order valence-corrected chi connectivity index (χ0v) is 15.1. The third-order valence-electron chi connectivity index (χ3n) is 4.74. The molecule has 1 aromatic heterocycles. The average molecular weight is 339 g/mol. The molecule has 0 saturated carbocycles. The third kappa shape index (κ3) is 3.65. The van der Waals surface area contributed by atoms with E-state index in [1.807, 2.05) is 49.9 Å². The molecular formula is C20H25N3O2. The first-order valence-corrected chi connectivity index (χ1v) is 8.93. The van der Waals surface area contributed by atoms with Gasteiger partial charge in [-0.3, -0.25) is 14.6 Å². The van der Waals surface area contributed by atoms with E-state index < -0.39 is 6.04 Å². The highest BCUT2D eigenvalue weighted by Gasteiger charge is 2.30. The van der Waals surface area contributed by atoms with Gasteiger partial charge in [-0.1, -0.05) is 32.0 Å². The standard InChI is InChI=1S/C20H25N3O2/c1-13(2)17(20(25)23-11-4-5-12-23)22-19(24)16-8-6-7-15-10-9-14(3)21-18(15)16/h6-10,13,17H,4-5,11-12H2,1-3H3,(H,22,24)/t17-/m0/s1. The second-order valence-corrected chi connectivity index (χ2v) is 7.06. The molecule has 5 nitrogen and oxygen atoms in total. The van der Waals surface area contributed by atoms with Crippen molar-refractivity contribution < 1.29 is 9.59 Å². The molecule has 5 heteroatoms. The van der Waals surface area contributed by atoms with Crippen LogP contribution in [0.2, 0.25) is 0 Å². The number of nitrogens with one attached hydrogen (secondary N) is 1. The van der Waals surface area contributed by atoms with Gasteiger partial charge in [0, 0.05) is 24.2 Å². The van der Waals surface area contributed by atoms with Gasteiger partial charge in [0.05, 0.1) is 11.1 Å². The number of benzene rings is 1. The van der Waals surface area contributed by atoms with Gasteiger partial charge in [-0.2, -0.15) is 0 Å². The number of aromatic nitrogens is 1. The molecule has 1 aromatic carbocycles. The first-order valence-electron chi connectivity index (χ1n) is 8.93. The molecule has 0 bridgehead atoms. The molecule has 2 aromatic rings. The van der Waals surface area contributed by atoms with Crippen LogP contribution in [0.5, 0.6) is 0 Å². The fraction of sp³-hybridized carbons (Fsp3) is 0.450. The lowest BCUT2D eigenvalue weighted by Gasteiger charge is -2.26. The van der Waals surface area contributed by atoms with E-state index in [4.69, 9.17) is 0 Å². The molecule has 132 valence electrons. The second kappa shape index (κ2) is 7.21. The Morgan fingerprint density at radius 2 is 1.84 bits per heavy atom. The van der Waals surface area contributed by atoms with Crippen molar-refractivity contribution in [3.8, 4) is 0 Å². The molecule has 2 heterocycles. The summed E-state index contributed by atoms with van der Waals surface area (Å²) in [5.74, 6) is -0.193. The molecule has 3 rings (SSSR count). The number of carbonyl (C=O) groups excluding carboxylic acids is 2. The summed E-state index contributed by atoms with van der Waals surface area (Å²) < 4.78 is 0. The van der Waals surface area contributed by atoms with Crippen molar-refractivity contribution >= 4 is 22.7 Å². The Labute approximate surface area is 148 Å². The van der Waals surface area contributed by atoms with Gasteiger partial charge in [-0.15, -0.1) is 0 Å². The number of para-hydroxylation sites is 1. The molecule has 1 fully saturated rings. The topological polar surface area (TPSA) is 62.3 Å². The second-order valence-electron chi connectivity index (χ2n) is 7.06. The van der Waals surface area contributed by atoms with Gasteiger partial charge in [-0.25, -0.2) is 0 Å². The fourth-order valence-electron chi connectivity index (χ4n) is 3.29. The van der Waals surface area contributed by atoms with Crippen LogP contribution < -0.4 is 5.32 Å². The van der Waals surface area contributed by atoms with Crippen LogP contribution in [0.3, 0.4) is 0 Å². The summed E-state index contributed by atoms with van der Waals surface area (Å²) in [4.78, 5) is 32.0. The molecule has 1 aliphatic rings. The minimum absolute atomic E-state index is 0.0187. The minimum Gasteiger partial charge on any atom is -0.341 e. The maximum Gasteiger partial charge on any atom is 0.254 e. The number of likely N-dealkylation sites (tertiary alicyclic amines) is 1. The third-order valence-corrected chi connectivity index (χ3v) is 4.74. The monoisotopic (exact) mass is 339 g/mol. The van der Waals surface area contributed by atoms with Crippen LogP contribution in [0.1, 0.15) is 42.7 Å². The van der Waals surface area contributed by atoms with Gasteiger partial charge in [0.15, 0.2) is 0 Å². The summed E-state index contributed by atoms with van der Waals surface area (Å²) in [7, 11) is 0. The number of rotatable bonds is 4. The molecule has 25 heavy (non-hydrogen) atoms. The molecule has 1 N–H and O–H groups in total. The summed E-state index contributed by atoms with van der Waals surface area (Å²) >= 11 is 0. The number of pyridine rings is 1. The van der Waals surface area contributed by atoms with Crippen molar-refractivity contribution in [2.75, 3.05) is 13.1 Å². The van der Waals surface area contributed by atoms with Gasteiger partial charge >= 0.3 is 0 Å². The number of fused-ring (bicyclic) bond motifs is 1. The number of aryl methyl sites for hydroxylation is 1. The Balaban J connectivity index is 1.87. The molecule has 1 aliphatic heterocycles. The predicted octanol–water partition coefficient (Wildman–Crippen LogP) is 2.92. The number of hydrogen-bond acceptors (Lipinski definition) is 3. The van der Waals surface area contributed by atoms with E-state index in [1.54, 1.807) is 6.07 Å². The highest BCUT2D eigenvalue weighted by atomic mass is 16.2. The van der Waals surface area contributed by atoms with Gasteiger partial charge < -0.3 is 10.2 Å². The number of nitrogens with zero attached hydrogens (tertiary/aromatic N) is 2. The number of hydrogen-bond donors (Lipinski definition) is 1. The van der Waals surface area contributed by atoms with Crippen LogP contribution in [0, 0.1) is 12.8 Å². The first kappa shape index (κ1) is 17.4. The minimum atomic E-state index is -0.509. The van der Waals surface area contributed by atoms with Crippen molar-refractivity contribution in [2.45, 2.75) is 39.7 Å². The maximum absolute atomic E-state index is 12.9. The number of carbonyl (C=O) groups is 2. The summed E-state index contributed by atoms with van der Waals surface area (Å²) in [5, 5.41) is 3.87. The van der Waals surface area contributed by atoms with E-state index in [0.29, 0.717) is 11.1 Å². The smallest absolute Gasteiger partial charge is 0.254 e. The Morgan fingerprint density at radius 3 is 2.52 bits per heavy atom. The van der Waals surface area contributed by atoms with E-state index in [-0.39, 0.29) is 17.7 Å². The Hall–Kier alpha value is -2.43. The van der Waals surface area contributed by atoms with Gasteiger partial charge in [0.25, 0.3) is 5.91 Å². The Bertz CT molecular complexity index is 795. The zero-order valence-electron chi connectivity index (χ0n) is 15.1. The quantitative estimate of drug-likeness (QED) is 0.931. The Kier molecular flexibility index (Phi) is 5.02. The number of amides is 2. The van der Waals surface area contributed by atoms with Crippen LogP contribution in [0.25, 0.3) is 10.9 Å². The van der Waals surface area contributed by atoms with Gasteiger partial charge in [0.2, 0.25) is 5.91 Å². The molecule has 0 aliphatic carbocycles. The van der Waals surface area contributed by atoms with E-state index in [2.05, 4.69) is 10.3 Å². The Morgan fingerprint density at radius 1 is 1.12 bits per heavy atom. The zero-order chi connectivity index (χ0) is 18.0. The lowest BCUT2D eigenvalue weighted by Crippen LogP contribution is -2.50. The normalized spacial score (nSPS) is 15.6. The predicted molar refractivity (Wildman–Crippen MR) is 98.4 cm³/mol. The molecule has 0 radical (unpaired) electrons. The van der Waals surface area contributed by atoms with E-state index in [0.717, 1.165) is 37.0 Å². The van der Waals surface area contributed by atoms with Crippen LogP contribution in [0.15, 0.2) is 30.3 Å². The lowest BCUT2D eigenvalue weighted by atomic mass is 10.0. The van der Waals surface area contributed by atoms with Crippen molar-refractivity contribution in [2.24, 2.45) is 5.92 Å². The lowest BCUT2D eigenvalue weighted by molar-refractivity contribution is -0.133. The van der Waals surface area contributed by atoms with Crippen LogP contribution >= 0.6 is 0 Å². The van der Waals surface area contributed by atoms with Crippen LogP contribution in [-0.4, -0.2) is 40.8 Å². The van der Waals surface area contributed by atoms with E-state index in [1.165, 1.54) is 0 Å². The largest absolute Gasteiger partial charge is 0.341 e. The summed E-state index contributed by atoms with van der Waals surface area (Å²) in [6, 6.07) is 8.93. The highest BCUT2D eigenvalue weighted by molar-refractivity contribution is 6.06. The fourth-order valence-corrected chi connectivity index (χ4v) is 3.29. The summed E-state index contributed by atoms with van der Waals surface area (Å²) in [6.45, 7) is 7.40.